The maximum absolute atomic E-state index is 12.7. The Hall–Kier alpha value is -2.05. The lowest BCUT2D eigenvalue weighted by Crippen LogP contribution is -2.26. The molecule has 0 radical (unpaired) electrons. The number of amides is 1. The quantitative estimate of drug-likeness (QED) is 0.854. The number of aryl methyl sites for hydroxylation is 1. The molecule has 24 heavy (non-hydrogen) atoms. The Balaban J connectivity index is 1.89. The maximum Gasteiger partial charge on any atom is 0.262 e. The molecule has 1 saturated carbocycles. The predicted octanol–water partition coefficient (Wildman–Crippen LogP) is 3.34. The Morgan fingerprint density at radius 1 is 1.17 bits per heavy atom. The molecule has 0 saturated heterocycles. The van der Waals surface area contributed by atoms with Crippen molar-refractivity contribution in [1.29, 1.82) is 0 Å². The first-order chi connectivity index (χ1) is 11.3. The van der Waals surface area contributed by atoms with Gasteiger partial charge in [0.15, 0.2) is 0 Å². The molecule has 2 N–H and O–H groups in total. The second-order valence-electron chi connectivity index (χ2n) is 5.84. The number of carbonyl (C=O) groups is 1. The van der Waals surface area contributed by atoms with Crippen molar-refractivity contribution in [3.8, 4) is 0 Å². The van der Waals surface area contributed by atoms with Crippen LogP contribution in [0.5, 0.6) is 0 Å². The van der Waals surface area contributed by atoms with Crippen molar-refractivity contribution in [2.75, 3.05) is 4.72 Å². The lowest BCUT2D eigenvalue weighted by Gasteiger charge is -2.12. The molecule has 1 aliphatic rings. The zero-order valence-corrected chi connectivity index (χ0v) is 14.6. The first-order valence-electron chi connectivity index (χ1n) is 7.55. The summed E-state index contributed by atoms with van der Waals surface area (Å²) < 4.78 is 27.8. The van der Waals surface area contributed by atoms with E-state index in [2.05, 4.69) is 10.0 Å². The van der Waals surface area contributed by atoms with Gasteiger partial charge < -0.3 is 5.32 Å². The Labute approximate surface area is 146 Å². The highest BCUT2D eigenvalue weighted by molar-refractivity contribution is 7.92. The molecule has 0 bridgehead atoms. The topological polar surface area (TPSA) is 75.3 Å². The smallest absolute Gasteiger partial charge is 0.262 e. The molecule has 3 rings (SSSR count). The number of nitrogens with one attached hydrogen (secondary N) is 2. The molecule has 0 heterocycles. The van der Waals surface area contributed by atoms with Crippen LogP contribution in [-0.2, 0) is 10.0 Å². The van der Waals surface area contributed by atoms with E-state index in [0.717, 1.165) is 12.8 Å². The average Bonchev–Trinajstić information content (AvgIpc) is 3.31. The second kappa shape index (κ2) is 6.45. The summed E-state index contributed by atoms with van der Waals surface area (Å²) >= 11 is 5.88. The standard InChI is InChI=1S/C17H17ClN2O3S/c1-11-5-6-12(17(21)19-14-7-8-14)9-16(11)24(22,23)20-15-4-2-3-13(18)10-15/h2-6,9-10,14,20H,7-8H2,1H3,(H,19,21). The van der Waals surface area contributed by atoms with Crippen molar-refractivity contribution in [2.24, 2.45) is 0 Å². The highest BCUT2D eigenvalue weighted by atomic mass is 35.5. The first-order valence-corrected chi connectivity index (χ1v) is 9.41. The van der Waals surface area contributed by atoms with Crippen LogP contribution in [0.25, 0.3) is 0 Å². The van der Waals surface area contributed by atoms with Gasteiger partial charge in [-0.3, -0.25) is 9.52 Å². The second-order valence-corrected chi connectivity index (χ2v) is 7.93. The normalized spacial score (nSPS) is 14.2. The molecule has 0 spiro atoms. The van der Waals surface area contributed by atoms with E-state index in [1.54, 1.807) is 37.3 Å². The molecular formula is C17H17ClN2O3S. The lowest BCUT2D eigenvalue weighted by molar-refractivity contribution is 0.0951. The van der Waals surface area contributed by atoms with Crippen LogP contribution in [0.3, 0.4) is 0 Å². The number of halogens is 1. The molecule has 0 aliphatic heterocycles. The highest BCUT2D eigenvalue weighted by Gasteiger charge is 2.25. The Kier molecular flexibility index (Phi) is 4.51. The van der Waals surface area contributed by atoms with Crippen LogP contribution < -0.4 is 10.0 Å². The van der Waals surface area contributed by atoms with Crippen molar-refractivity contribution in [1.82, 2.24) is 5.32 Å². The molecule has 7 heteroatoms. The van der Waals surface area contributed by atoms with E-state index in [9.17, 15) is 13.2 Å². The predicted molar refractivity (Wildman–Crippen MR) is 93.9 cm³/mol. The SMILES string of the molecule is Cc1ccc(C(=O)NC2CC2)cc1S(=O)(=O)Nc1cccc(Cl)c1. The largest absolute Gasteiger partial charge is 0.349 e. The molecule has 1 amide bonds. The number of hydrogen-bond donors (Lipinski definition) is 2. The van der Waals surface area contributed by atoms with Crippen molar-refractivity contribution < 1.29 is 13.2 Å². The average molecular weight is 365 g/mol. The Bertz CT molecular complexity index is 892. The summed E-state index contributed by atoms with van der Waals surface area (Å²) in [6, 6.07) is 11.3. The molecule has 2 aromatic rings. The number of hydrogen-bond acceptors (Lipinski definition) is 3. The minimum absolute atomic E-state index is 0.0749. The monoisotopic (exact) mass is 364 g/mol. The van der Waals surface area contributed by atoms with Crippen molar-refractivity contribution in [3.05, 3.63) is 58.6 Å². The van der Waals surface area contributed by atoms with Crippen molar-refractivity contribution in [2.45, 2.75) is 30.7 Å². The third-order valence-electron chi connectivity index (χ3n) is 3.73. The fraction of sp³-hybridized carbons (Fsp3) is 0.235. The maximum atomic E-state index is 12.7. The Morgan fingerprint density at radius 3 is 2.58 bits per heavy atom. The van der Waals surface area contributed by atoms with Gasteiger partial charge in [0.1, 0.15) is 0 Å². The first kappa shape index (κ1) is 16.8. The summed E-state index contributed by atoms with van der Waals surface area (Å²) in [6.45, 7) is 1.69. The lowest BCUT2D eigenvalue weighted by atomic mass is 10.1. The molecule has 2 aromatic carbocycles. The van der Waals surface area contributed by atoms with Crippen LogP contribution in [0.1, 0.15) is 28.8 Å². The molecule has 0 unspecified atom stereocenters. The summed E-state index contributed by atoms with van der Waals surface area (Å²) in [7, 11) is -3.82. The zero-order chi connectivity index (χ0) is 17.3. The number of rotatable bonds is 5. The summed E-state index contributed by atoms with van der Waals surface area (Å²) in [6.07, 6.45) is 1.94. The number of anilines is 1. The molecular weight excluding hydrogens is 348 g/mol. The molecule has 0 atom stereocenters. The summed E-state index contributed by atoms with van der Waals surface area (Å²) in [5.41, 5.74) is 1.27. The van der Waals surface area contributed by atoms with Gasteiger partial charge in [-0.25, -0.2) is 8.42 Å². The number of carbonyl (C=O) groups excluding carboxylic acids is 1. The van der Waals surface area contributed by atoms with E-state index >= 15 is 0 Å². The van der Waals surface area contributed by atoms with Gasteiger partial charge in [-0.2, -0.15) is 0 Å². The third-order valence-corrected chi connectivity index (χ3v) is 5.49. The minimum atomic E-state index is -3.82. The summed E-state index contributed by atoms with van der Waals surface area (Å²) in [4.78, 5) is 12.2. The fourth-order valence-corrected chi connectivity index (χ4v) is 3.80. The zero-order valence-electron chi connectivity index (χ0n) is 13.0. The van der Waals surface area contributed by atoms with Gasteiger partial charge in [0.05, 0.1) is 10.6 Å². The Morgan fingerprint density at radius 2 is 1.92 bits per heavy atom. The van der Waals surface area contributed by atoms with Gasteiger partial charge in [-0.1, -0.05) is 23.7 Å². The molecule has 0 aromatic heterocycles. The van der Waals surface area contributed by atoms with Gasteiger partial charge in [0.25, 0.3) is 15.9 Å². The molecule has 5 nitrogen and oxygen atoms in total. The van der Waals surface area contributed by atoms with E-state index < -0.39 is 10.0 Å². The van der Waals surface area contributed by atoms with Crippen molar-refractivity contribution >= 4 is 33.2 Å². The van der Waals surface area contributed by atoms with E-state index in [0.29, 0.717) is 21.8 Å². The van der Waals surface area contributed by atoms with Crippen LogP contribution >= 0.6 is 11.6 Å². The van der Waals surface area contributed by atoms with Crippen LogP contribution in [0, 0.1) is 6.92 Å². The van der Waals surface area contributed by atoms with Gasteiger partial charge >= 0.3 is 0 Å². The third kappa shape index (κ3) is 3.88. The van der Waals surface area contributed by atoms with Gasteiger partial charge in [0, 0.05) is 16.6 Å². The molecule has 126 valence electrons. The van der Waals surface area contributed by atoms with Crippen molar-refractivity contribution in [3.63, 3.8) is 0 Å². The molecule has 1 fully saturated rings. The van der Waals surface area contributed by atoms with Gasteiger partial charge in [-0.15, -0.1) is 0 Å². The summed E-state index contributed by atoms with van der Waals surface area (Å²) in [5, 5.41) is 3.29. The van der Waals surface area contributed by atoms with E-state index in [1.807, 2.05) is 0 Å². The minimum Gasteiger partial charge on any atom is -0.349 e. The number of benzene rings is 2. The molecule has 1 aliphatic carbocycles. The fourth-order valence-electron chi connectivity index (χ4n) is 2.29. The van der Waals surface area contributed by atoms with E-state index in [-0.39, 0.29) is 16.8 Å². The highest BCUT2D eigenvalue weighted by Crippen LogP contribution is 2.24. The van der Waals surface area contributed by atoms with E-state index in [1.165, 1.54) is 12.1 Å². The number of sulfonamides is 1. The van der Waals surface area contributed by atoms with E-state index in [4.69, 9.17) is 11.6 Å². The summed E-state index contributed by atoms with van der Waals surface area (Å²) in [5.74, 6) is -0.253. The van der Waals surface area contributed by atoms with Crippen LogP contribution in [0.2, 0.25) is 5.02 Å². The van der Waals surface area contributed by atoms with Crippen LogP contribution in [0.4, 0.5) is 5.69 Å². The van der Waals surface area contributed by atoms with Crippen LogP contribution in [-0.4, -0.2) is 20.4 Å². The van der Waals surface area contributed by atoms with Crippen LogP contribution in [0.15, 0.2) is 47.4 Å². The van der Waals surface area contributed by atoms with Gasteiger partial charge in [-0.05, 0) is 55.7 Å². The van der Waals surface area contributed by atoms with Gasteiger partial charge in [0.2, 0.25) is 0 Å².